The van der Waals surface area contributed by atoms with Gasteiger partial charge in [-0.2, -0.15) is 0 Å². The van der Waals surface area contributed by atoms with Gasteiger partial charge in [-0.05, 0) is 57.4 Å². The predicted octanol–water partition coefficient (Wildman–Crippen LogP) is 4.39. The Morgan fingerprint density at radius 3 is 2.31 bits per heavy atom. The van der Waals surface area contributed by atoms with Crippen molar-refractivity contribution in [2.45, 2.75) is 46.8 Å². The largest absolute Gasteiger partial charge is 0.374 e. The van der Waals surface area contributed by atoms with Gasteiger partial charge in [-0.3, -0.25) is 4.79 Å². The summed E-state index contributed by atoms with van der Waals surface area (Å²) in [6.45, 7) is 12.4. The molecule has 2 rings (SSSR count). The lowest BCUT2D eigenvalue weighted by molar-refractivity contribution is 0.0646. The topological polar surface area (TPSA) is 66.0 Å². The zero-order valence-electron chi connectivity index (χ0n) is 19.9. The van der Waals surface area contributed by atoms with Crippen LogP contribution in [0, 0.1) is 0 Å². The van der Waals surface area contributed by atoms with Crippen LogP contribution >= 0.6 is 0 Å². The van der Waals surface area contributed by atoms with Crippen LogP contribution in [0.4, 0.5) is 0 Å². The van der Waals surface area contributed by atoms with E-state index in [4.69, 9.17) is 4.74 Å². The Morgan fingerprint density at radius 1 is 1.00 bits per heavy atom. The molecule has 0 aliphatic rings. The van der Waals surface area contributed by atoms with E-state index in [-0.39, 0.29) is 12.0 Å². The Balaban J connectivity index is 1.79. The fourth-order valence-electron chi connectivity index (χ4n) is 3.32. The van der Waals surface area contributed by atoms with E-state index in [1.807, 2.05) is 61.2 Å². The molecular weight excluding hydrogens is 400 g/mol. The van der Waals surface area contributed by atoms with Gasteiger partial charge in [0.1, 0.15) is 0 Å². The first-order chi connectivity index (χ1) is 15.6. The van der Waals surface area contributed by atoms with Gasteiger partial charge in [0.25, 0.3) is 5.91 Å². The van der Waals surface area contributed by atoms with Crippen molar-refractivity contribution in [3.05, 3.63) is 71.3 Å². The van der Waals surface area contributed by atoms with Crippen molar-refractivity contribution < 1.29 is 9.53 Å². The van der Waals surface area contributed by atoms with Gasteiger partial charge >= 0.3 is 0 Å². The van der Waals surface area contributed by atoms with E-state index in [0.717, 1.165) is 49.7 Å². The summed E-state index contributed by atoms with van der Waals surface area (Å²) in [5.41, 5.74) is 2.98. The molecule has 0 fully saturated rings. The summed E-state index contributed by atoms with van der Waals surface area (Å²) in [7, 11) is 0. The minimum absolute atomic E-state index is 0.0730. The van der Waals surface area contributed by atoms with Crippen molar-refractivity contribution in [2.75, 3.05) is 32.8 Å². The average Bonchev–Trinajstić information content (AvgIpc) is 2.83. The molecule has 0 saturated carbocycles. The van der Waals surface area contributed by atoms with Gasteiger partial charge in [-0.1, -0.05) is 42.5 Å². The third-order valence-corrected chi connectivity index (χ3v) is 5.27. The molecule has 0 aliphatic heterocycles. The summed E-state index contributed by atoms with van der Waals surface area (Å²) in [4.78, 5) is 18.9. The molecule has 2 N–H and O–H groups in total. The molecule has 0 aliphatic carbocycles. The fraction of sp³-hybridized carbons (Fsp3) is 0.462. The van der Waals surface area contributed by atoms with Gasteiger partial charge in [-0.25, -0.2) is 4.99 Å². The van der Waals surface area contributed by atoms with E-state index < -0.39 is 0 Å². The monoisotopic (exact) mass is 438 g/mol. The van der Waals surface area contributed by atoms with Gasteiger partial charge in [0, 0.05) is 38.3 Å². The summed E-state index contributed by atoms with van der Waals surface area (Å²) in [6, 6.07) is 18.0. The van der Waals surface area contributed by atoms with Crippen molar-refractivity contribution >= 4 is 11.9 Å². The number of hydrogen-bond donors (Lipinski definition) is 2. The summed E-state index contributed by atoms with van der Waals surface area (Å²) < 4.78 is 5.93. The number of benzene rings is 2. The molecule has 2 aromatic rings. The number of nitrogens with one attached hydrogen (secondary N) is 2. The van der Waals surface area contributed by atoms with Crippen molar-refractivity contribution in [3.63, 3.8) is 0 Å². The van der Waals surface area contributed by atoms with Gasteiger partial charge < -0.3 is 20.3 Å². The number of ether oxygens (including phenoxy) is 1. The van der Waals surface area contributed by atoms with Crippen LogP contribution in [0.2, 0.25) is 0 Å². The van der Waals surface area contributed by atoms with E-state index in [1.165, 1.54) is 5.56 Å². The second kappa shape index (κ2) is 14.2. The molecule has 0 saturated heterocycles. The van der Waals surface area contributed by atoms with E-state index in [9.17, 15) is 4.79 Å². The maximum absolute atomic E-state index is 12.4. The van der Waals surface area contributed by atoms with Crippen LogP contribution in [0.3, 0.4) is 0 Å². The normalized spacial score (nSPS) is 12.3. The number of carbonyl (C=O) groups excluding carboxylic acids is 1. The minimum Gasteiger partial charge on any atom is -0.374 e. The summed E-state index contributed by atoms with van der Waals surface area (Å²) in [5, 5.41) is 6.64. The van der Waals surface area contributed by atoms with Crippen LogP contribution in [-0.4, -0.2) is 49.6 Å². The molecule has 6 heteroatoms. The Bertz CT molecular complexity index is 817. The lowest BCUT2D eigenvalue weighted by Gasteiger charge is -2.18. The SMILES string of the molecule is CCNC(=NCc1ccc(C(=O)N(CC)CC)cc1)NCCCOC(C)c1ccccc1. The van der Waals surface area contributed by atoms with Crippen LogP contribution in [0.1, 0.15) is 61.7 Å². The highest BCUT2D eigenvalue weighted by Gasteiger charge is 2.11. The molecule has 32 heavy (non-hydrogen) atoms. The van der Waals surface area contributed by atoms with Crippen LogP contribution in [-0.2, 0) is 11.3 Å². The Kier molecular flexibility index (Phi) is 11.3. The molecule has 6 nitrogen and oxygen atoms in total. The lowest BCUT2D eigenvalue weighted by Crippen LogP contribution is -2.38. The van der Waals surface area contributed by atoms with E-state index in [0.29, 0.717) is 13.2 Å². The lowest BCUT2D eigenvalue weighted by atomic mass is 10.1. The maximum Gasteiger partial charge on any atom is 0.253 e. The van der Waals surface area contributed by atoms with Crippen molar-refractivity contribution in [3.8, 4) is 0 Å². The van der Waals surface area contributed by atoms with Crippen molar-refractivity contribution in [2.24, 2.45) is 4.99 Å². The third-order valence-electron chi connectivity index (χ3n) is 5.27. The number of nitrogens with zero attached hydrogens (tertiary/aromatic N) is 2. The first-order valence-electron chi connectivity index (χ1n) is 11.7. The molecule has 1 unspecified atom stereocenters. The number of guanidine groups is 1. The smallest absolute Gasteiger partial charge is 0.253 e. The number of hydrogen-bond acceptors (Lipinski definition) is 3. The summed E-state index contributed by atoms with van der Waals surface area (Å²) in [5.74, 6) is 0.857. The summed E-state index contributed by atoms with van der Waals surface area (Å²) >= 11 is 0. The third kappa shape index (κ3) is 8.35. The minimum atomic E-state index is 0.0730. The molecule has 2 aromatic carbocycles. The second-order valence-corrected chi connectivity index (χ2v) is 7.57. The van der Waals surface area contributed by atoms with Gasteiger partial charge in [-0.15, -0.1) is 0 Å². The molecule has 0 spiro atoms. The standard InChI is InChI=1S/C26H38N4O2/c1-5-27-26(28-18-11-19-32-21(4)23-12-9-8-10-13-23)29-20-22-14-16-24(17-15-22)25(31)30(6-2)7-3/h8-10,12-17,21H,5-7,11,18-20H2,1-4H3,(H2,27,28,29). The highest BCUT2D eigenvalue weighted by Crippen LogP contribution is 2.15. The van der Waals surface area contributed by atoms with Gasteiger partial charge in [0.2, 0.25) is 0 Å². The van der Waals surface area contributed by atoms with E-state index >= 15 is 0 Å². The van der Waals surface area contributed by atoms with Crippen LogP contribution < -0.4 is 10.6 Å². The number of carbonyl (C=O) groups is 1. The predicted molar refractivity (Wildman–Crippen MR) is 132 cm³/mol. The van der Waals surface area contributed by atoms with Crippen LogP contribution in [0.15, 0.2) is 59.6 Å². The fourth-order valence-corrected chi connectivity index (χ4v) is 3.32. The quantitative estimate of drug-likeness (QED) is 0.293. The first-order valence-corrected chi connectivity index (χ1v) is 11.7. The Morgan fingerprint density at radius 2 is 1.69 bits per heavy atom. The Hall–Kier alpha value is -2.86. The van der Waals surface area contributed by atoms with E-state index in [2.05, 4.69) is 41.6 Å². The molecule has 0 radical (unpaired) electrons. The highest BCUT2D eigenvalue weighted by atomic mass is 16.5. The average molecular weight is 439 g/mol. The molecule has 1 atom stereocenters. The molecular formula is C26H38N4O2. The van der Waals surface area contributed by atoms with Gasteiger partial charge in [0.05, 0.1) is 12.6 Å². The highest BCUT2D eigenvalue weighted by molar-refractivity contribution is 5.94. The number of rotatable bonds is 12. The maximum atomic E-state index is 12.4. The Labute approximate surface area is 193 Å². The van der Waals surface area contributed by atoms with E-state index in [1.54, 1.807) is 0 Å². The number of aliphatic imine (C=N–C) groups is 1. The molecule has 0 bridgehead atoms. The van der Waals surface area contributed by atoms with Crippen LogP contribution in [0.5, 0.6) is 0 Å². The second-order valence-electron chi connectivity index (χ2n) is 7.57. The van der Waals surface area contributed by atoms with Crippen molar-refractivity contribution in [1.82, 2.24) is 15.5 Å². The van der Waals surface area contributed by atoms with Crippen LogP contribution in [0.25, 0.3) is 0 Å². The zero-order chi connectivity index (χ0) is 23.2. The molecule has 0 aromatic heterocycles. The summed E-state index contributed by atoms with van der Waals surface area (Å²) in [6.07, 6.45) is 0.985. The first kappa shape index (κ1) is 25.4. The number of amides is 1. The zero-order valence-corrected chi connectivity index (χ0v) is 19.9. The molecule has 174 valence electrons. The van der Waals surface area contributed by atoms with Gasteiger partial charge in [0.15, 0.2) is 5.96 Å². The van der Waals surface area contributed by atoms with Crippen molar-refractivity contribution in [1.29, 1.82) is 0 Å². The molecule has 1 amide bonds. The molecule has 0 heterocycles.